The number of hydrogen-bond acceptors (Lipinski definition) is 5. The number of aryl methyl sites for hydroxylation is 1. The Balaban J connectivity index is 2.09. The van der Waals surface area contributed by atoms with E-state index in [1.54, 1.807) is 0 Å². The normalized spacial score (nSPS) is 10.5. The highest BCUT2D eigenvalue weighted by Gasteiger charge is 2.14. The fourth-order valence-corrected chi connectivity index (χ4v) is 1.60. The van der Waals surface area contributed by atoms with Crippen LogP contribution in [0, 0.1) is 5.82 Å². The van der Waals surface area contributed by atoms with E-state index in [2.05, 4.69) is 10.1 Å². The smallest absolute Gasteiger partial charge is 0.339 e. The summed E-state index contributed by atoms with van der Waals surface area (Å²) in [6.45, 7) is 1.89. The van der Waals surface area contributed by atoms with Gasteiger partial charge in [0.1, 0.15) is 17.1 Å². The highest BCUT2D eigenvalue weighted by atomic mass is 19.1. The first kappa shape index (κ1) is 14.0. The van der Waals surface area contributed by atoms with Crippen molar-refractivity contribution in [2.24, 2.45) is 0 Å². The van der Waals surface area contributed by atoms with Crippen molar-refractivity contribution in [3.05, 3.63) is 41.3 Å². The van der Waals surface area contributed by atoms with Crippen LogP contribution in [0.2, 0.25) is 0 Å². The van der Waals surface area contributed by atoms with Crippen LogP contribution in [0.15, 0.2) is 22.7 Å². The Morgan fingerprint density at radius 3 is 3.00 bits per heavy atom. The summed E-state index contributed by atoms with van der Waals surface area (Å²) in [5.74, 6) is -1.07. The lowest BCUT2D eigenvalue weighted by atomic mass is 10.2. The van der Waals surface area contributed by atoms with Crippen LogP contribution in [0.1, 0.15) is 35.4 Å². The number of aromatic nitrogens is 2. The zero-order valence-electron chi connectivity index (χ0n) is 10.8. The van der Waals surface area contributed by atoms with Crippen LogP contribution in [0.4, 0.5) is 4.39 Å². The van der Waals surface area contributed by atoms with Gasteiger partial charge in [-0.2, -0.15) is 4.98 Å². The quantitative estimate of drug-likeness (QED) is 0.874. The molecular formula is C13H13FN2O4. The summed E-state index contributed by atoms with van der Waals surface area (Å²) in [5, 5.41) is 12.7. The maximum Gasteiger partial charge on any atom is 0.339 e. The monoisotopic (exact) mass is 280 g/mol. The first-order valence-corrected chi connectivity index (χ1v) is 6.07. The second-order valence-corrected chi connectivity index (χ2v) is 4.09. The molecule has 2 rings (SSSR count). The lowest BCUT2D eigenvalue weighted by Gasteiger charge is -2.06. The molecule has 1 aromatic carbocycles. The standard InChI is InChI=1S/C13H13FN2O4/c1-2-3-12-15-11(16-20-12)7-19-10-6-8(14)4-5-9(10)13(17)18/h4-6H,2-3,7H2,1H3,(H,17,18). The molecule has 0 radical (unpaired) electrons. The van der Waals surface area contributed by atoms with E-state index in [1.165, 1.54) is 0 Å². The van der Waals surface area contributed by atoms with Crippen molar-refractivity contribution in [3.8, 4) is 5.75 Å². The molecule has 0 aliphatic carbocycles. The van der Waals surface area contributed by atoms with Crippen molar-refractivity contribution in [2.75, 3.05) is 0 Å². The van der Waals surface area contributed by atoms with Crippen molar-refractivity contribution in [3.63, 3.8) is 0 Å². The molecule has 0 unspecified atom stereocenters. The Labute approximate surface area is 114 Å². The largest absolute Gasteiger partial charge is 0.484 e. The average molecular weight is 280 g/mol. The second-order valence-electron chi connectivity index (χ2n) is 4.09. The van der Waals surface area contributed by atoms with Gasteiger partial charge >= 0.3 is 5.97 Å². The number of rotatable bonds is 6. The van der Waals surface area contributed by atoms with Crippen molar-refractivity contribution < 1.29 is 23.6 Å². The van der Waals surface area contributed by atoms with E-state index >= 15 is 0 Å². The van der Waals surface area contributed by atoms with Gasteiger partial charge in [0.15, 0.2) is 6.61 Å². The van der Waals surface area contributed by atoms with Crippen molar-refractivity contribution in [1.82, 2.24) is 10.1 Å². The average Bonchev–Trinajstić information content (AvgIpc) is 2.84. The first-order chi connectivity index (χ1) is 9.60. The minimum atomic E-state index is -1.19. The molecule has 106 valence electrons. The molecule has 0 aliphatic rings. The summed E-state index contributed by atoms with van der Waals surface area (Å²) in [5.41, 5.74) is -0.122. The zero-order valence-corrected chi connectivity index (χ0v) is 10.8. The van der Waals surface area contributed by atoms with E-state index in [0.717, 1.165) is 24.6 Å². The third-order valence-electron chi connectivity index (χ3n) is 2.50. The van der Waals surface area contributed by atoms with Crippen LogP contribution in [-0.4, -0.2) is 21.2 Å². The van der Waals surface area contributed by atoms with Crippen LogP contribution in [0.25, 0.3) is 0 Å². The number of carboxylic acids is 1. The Morgan fingerprint density at radius 1 is 1.50 bits per heavy atom. The van der Waals surface area contributed by atoms with E-state index in [0.29, 0.717) is 12.3 Å². The summed E-state index contributed by atoms with van der Waals surface area (Å²) in [7, 11) is 0. The summed E-state index contributed by atoms with van der Waals surface area (Å²) in [6, 6.07) is 3.21. The van der Waals surface area contributed by atoms with E-state index in [-0.39, 0.29) is 23.7 Å². The number of ether oxygens (including phenoxy) is 1. The van der Waals surface area contributed by atoms with Gasteiger partial charge in [0, 0.05) is 12.5 Å². The molecule has 0 aliphatic heterocycles. The maximum atomic E-state index is 13.1. The van der Waals surface area contributed by atoms with E-state index in [4.69, 9.17) is 14.4 Å². The molecule has 1 aromatic heterocycles. The summed E-state index contributed by atoms with van der Waals surface area (Å²) in [6.07, 6.45) is 1.53. The molecule has 20 heavy (non-hydrogen) atoms. The molecular weight excluding hydrogens is 267 g/mol. The molecule has 1 N–H and O–H groups in total. The Kier molecular flexibility index (Phi) is 4.29. The van der Waals surface area contributed by atoms with Gasteiger partial charge in [0.2, 0.25) is 11.7 Å². The van der Waals surface area contributed by atoms with Crippen LogP contribution in [-0.2, 0) is 13.0 Å². The minimum Gasteiger partial charge on any atom is -0.484 e. The molecule has 0 amide bonds. The van der Waals surface area contributed by atoms with E-state index in [1.807, 2.05) is 6.92 Å². The van der Waals surface area contributed by atoms with Gasteiger partial charge in [-0.25, -0.2) is 9.18 Å². The number of carbonyl (C=O) groups is 1. The van der Waals surface area contributed by atoms with Gasteiger partial charge in [0.05, 0.1) is 0 Å². The summed E-state index contributed by atoms with van der Waals surface area (Å²) < 4.78 is 23.3. The molecule has 0 saturated carbocycles. The van der Waals surface area contributed by atoms with Gasteiger partial charge in [-0.05, 0) is 18.6 Å². The van der Waals surface area contributed by atoms with Gasteiger partial charge in [-0.3, -0.25) is 0 Å². The lowest BCUT2D eigenvalue weighted by molar-refractivity contribution is 0.0691. The first-order valence-electron chi connectivity index (χ1n) is 6.07. The predicted octanol–water partition coefficient (Wildman–Crippen LogP) is 2.44. The fourth-order valence-electron chi connectivity index (χ4n) is 1.60. The molecule has 0 fully saturated rings. The second kappa shape index (κ2) is 6.14. The molecule has 0 bridgehead atoms. The van der Waals surface area contributed by atoms with Crippen molar-refractivity contribution in [1.29, 1.82) is 0 Å². The third kappa shape index (κ3) is 3.31. The van der Waals surface area contributed by atoms with Gasteiger partial charge in [-0.15, -0.1) is 0 Å². The fraction of sp³-hybridized carbons (Fsp3) is 0.308. The predicted molar refractivity (Wildman–Crippen MR) is 66.0 cm³/mol. The zero-order chi connectivity index (χ0) is 14.5. The lowest BCUT2D eigenvalue weighted by Crippen LogP contribution is -2.05. The number of hydrogen-bond donors (Lipinski definition) is 1. The van der Waals surface area contributed by atoms with Crippen LogP contribution in [0.3, 0.4) is 0 Å². The number of benzene rings is 1. The molecule has 0 spiro atoms. The molecule has 1 heterocycles. The number of nitrogens with zero attached hydrogens (tertiary/aromatic N) is 2. The molecule has 6 nitrogen and oxygen atoms in total. The van der Waals surface area contributed by atoms with Crippen LogP contribution < -0.4 is 4.74 Å². The van der Waals surface area contributed by atoms with Gasteiger partial charge in [-0.1, -0.05) is 12.1 Å². The maximum absolute atomic E-state index is 13.1. The third-order valence-corrected chi connectivity index (χ3v) is 2.50. The Bertz CT molecular complexity index is 612. The van der Waals surface area contributed by atoms with E-state index < -0.39 is 11.8 Å². The summed E-state index contributed by atoms with van der Waals surface area (Å²) >= 11 is 0. The number of halogens is 1. The molecule has 2 aromatic rings. The molecule has 7 heteroatoms. The number of carboxylic acid groups (broad SMARTS) is 1. The minimum absolute atomic E-state index is 0.0701. The van der Waals surface area contributed by atoms with Crippen LogP contribution >= 0.6 is 0 Å². The highest BCUT2D eigenvalue weighted by molar-refractivity contribution is 5.90. The SMILES string of the molecule is CCCc1nc(COc2cc(F)ccc2C(=O)O)no1. The highest BCUT2D eigenvalue weighted by Crippen LogP contribution is 2.21. The Morgan fingerprint density at radius 2 is 2.30 bits per heavy atom. The van der Waals surface area contributed by atoms with Gasteiger partial charge in [0.25, 0.3) is 0 Å². The van der Waals surface area contributed by atoms with Gasteiger partial charge < -0.3 is 14.4 Å². The molecule has 0 atom stereocenters. The van der Waals surface area contributed by atoms with E-state index in [9.17, 15) is 9.18 Å². The van der Waals surface area contributed by atoms with Crippen molar-refractivity contribution >= 4 is 5.97 Å². The topological polar surface area (TPSA) is 85.5 Å². The summed E-state index contributed by atoms with van der Waals surface area (Å²) in [4.78, 5) is 15.0. The number of aromatic carboxylic acids is 1. The molecule has 0 saturated heterocycles. The van der Waals surface area contributed by atoms with Crippen molar-refractivity contribution in [2.45, 2.75) is 26.4 Å². The van der Waals surface area contributed by atoms with Crippen LogP contribution in [0.5, 0.6) is 5.75 Å². The Hall–Kier alpha value is -2.44.